The number of nitrogens with zero attached hydrogens (tertiary/aromatic N) is 1. The molecule has 1 aromatic rings. The van der Waals surface area contributed by atoms with E-state index in [-0.39, 0.29) is 6.54 Å². The third-order valence-corrected chi connectivity index (χ3v) is 3.35. The van der Waals surface area contributed by atoms with Crippen LogP contribution in [0.1, 0.15) is 19.3 Å². The van der Waals surface area contributed by atoms with Crippen LogP contribution in [0.3, 0.4) is 0 Å². The summed E-state index contributed by atoms with van der Waals surface area (Å²) in [5.74, 6) is 0.946. The molecule has 6 heteroatoms. The number of allylic oxidation sites excluding steroid dienone is 2. The molecule has 6 nitrogen and oxygen atoms in total. The Morgan fingerprint density at radius 1 is 1.27 bits per heavy atom. The number of ether oxygens (including phenoxy) is 2. The third kappa shape index (κ3) is 4.25. The lowest BCUT2D eigenvalue weighted by Gasteiger charge is -2.17. The summed E-state index contributed by atoms with van der Waals surface area (Å²) < 4.78 is 10.5. The molecule has 0 unspecified atom stereocenters. The fraction of sp³-hybridized carbons (Fsp3) is 0.375. The van der Waals surface area contributed by atoms with Crippen molar-refractivity contribution in [1.29, 1.82) is 0 Å². The maximum Gasteiger partial charge on any atom is 0.239 e. The molecule has 0 spiro atoms. The highest BCUT2D eigenvalue weighted by Gasteiger charge is 2.11. The van der Waals surface area contributed by atoms with Crippen molar-refractivity contribution >= 4 is 17.3 Å². The van der Waals surface area contributed by atoms with Gasteiger partial charge in [0.05, 0.1) is 14.2 Å². The fourth-order valence-corrected chi connectivity index (χ4v) is 2.31. The van der Waals surface area contributed by atoms with Crippen LogP contribution in [0, 0.1) is 0 Å². The molecule has 0 bridgehead atoms. The van der Waals surface area contributed by atoms with E-state index in [0.717, 1.165) is 36.4 Å². The van der Waals surface area contributed by atoms with E-state index < -0.39 is 5.91 Å². The van der Waals surface area contributed by atoms with Crippen molar-refractivity contribution in [2.24, 2.45) is 10.7 Å². The van der Waals surface area contributed by atoms with Crippen molar-refractivity contribution in [3.05, 3.63) is 30.0 Å². The van der Waals surface area contributed by atoms with E-state index in [9.17, 15) is 4.79 Å². The van der Waals surface area contributed by atoms with Gasteiger partial charge in [0.2, 0.25) is 5.91 Å². The minimum absolute atomic E-state index is 0.0372. The quantitative estimate of drug-likeness (QED) is 0.842. The first kappa shape index (κ1) is 15.9. The zero-order chi connectivity index (χ0) is 15.9. The maximum absolute atomic E-state index is 10.8. The topological polar surface area (TPSA) is 85.9 Å². The van der Waals surface area contributed by atoms with Crippen molar-refractivity contribution in [1.82, 2.24) is 0 Å². The van der Waals surface area contributed by atoms with Gasteiger partial charge in [-0.2, -0.15) is 0 Å². The number of carbonyl (C=O) groups is 1. The lowest BCUT2D eigenvalue weighted by molar-refractivity contribution is -0.116. The Labute approximate surface area is 130 Å². The molecule has 0 radical (unpaired) electrons. The standard InChI is InChI=1S/C16H21N3O3/c1-21-14-7-6-13(9-15(14)22-2)19-12-5-3-4-11(8-12)18-10-16(17)20/h6-9,19H,3-5,10H2,1-2H3,(H2,17,20). The number of amides is 1. The first-order chi connectivity index (χ1) is 10.6. The van der Waals surface area contributed by atoms with Gasteiger partial charge in [0.1, 0.15) is 6.54 Å². The second-order valence-electron chi connectivity index (χ2n) is 4.99. The zero-order valence-corrected chi connectivity index (χ0v) is 12.9. The Kier molecular flexibility index (Phi) is 5.41. The predicted molar refractivity (Wildman–Crippen MR) is 86.6 cm³/mol. The summed E-state index contributed by atoms with van der Waals surface area (Å²) in [5, 5.41) is 3.35. The van der Waals surface area contributed by atoms with Gasteiger partial charge in [0.15, 0.2) is 11.5 Å². The summed E-state index contributed by atoms with van der Waals surface area (Å²) in [4.78, 5) is 15.0. The molecule has 118 valence electrons. The highest BCUT2D eigenvalue weighted by atomic mass is 16.5. The molecule has 1 aromatic carbocycles. The number of nitrogens with two attached hydrogens (primary N) is 1. The molecular formula is C16H21N3O3. The first-order valence-electron chi connectivity index (χ1n) is 7.13. The summed E-state index contributed by atoms with van der Waals surface area (Å²) in [6, 6.07) is 5.66. The highest BCUT2D eigenvalue weighted by molar-refractivity contribution is 5.97. The Balaban J connectivity index is 2.12. The van der Waals surface area contributed by atoms with Crippen LogP contribution in [-0.2, 0) is 4.79 Å². The number of primary amides is 1. The van der Waals surface area contributed by atoms with E-state index in [1.54, 1.807) is 14.2 Å². The summed E-state index contributed by atoms with van der Waals surface area (Å²) in [5.41, 5.74) is 7.99. The lowest BCUT2D eigenvalue weighted by Crippen LogP contribution is -2.16. The van der Waals surface area contributed by atoms with Crippen molar-refractivity contribution < 1.29 is 14.3 Å². The van der Waals surface area contributed by atoms with Gasteiger partial charge in [0.25, 0.3) is 0 Å². The SMILES string of the molecule is COc1ccc(NC2=CC(=NCC(N)=O)CCC2)cc1OC. The van der Waals surface area contributed by atoms with Gasteiger partial charge < -0.3 is 20.5 Å². The number of benzene rings is 1. The van der Waals surface area contributed by atoms with Gasteiger partial charge >= 0.3 is 0 Å². The van der Waals surface area contributed by atoms with Crippen LogP contribution in [0.25, 0.3) is 0 Å². The first-order valence-corrected chi connectivity index (χ1v) is 7.13. The van der Waals surface area contributed by atoms with Gasteiger partial charge in [-0.1, -0.05) is 0 Å². The number of anilines is 1. The minimum Gasteiger partial charge on any atom is -0.493 e. The average molecular weight is 303 g/mol. The molecule has 0 heterocycles. The van der Waals surface area contributed by atoms with Crippen LogP contribution in [0.2, 0.25) is 0 Å². The molecule has 0 aliphatic heterocycles. The fourth-order valence-electron chi connectivity index (χ4n) is 2.31. The second-order valence-corrected chi connectivity index (χ2v) is 4.99. The number of methoxy groups -OCH3 is 2. The van der Waals surface area contributed by atoms with Crippen LogP contribution in [0.5, 0.6) is 11.5 Å². The van der Waals surface area contributed by atoms with Gasteiger partial charge in [-0.3, -0.25) is 9.79 Å². The van der Waals surface area contributed by atoms with Gasteiger partial charge in [0, 0.05) is 23.2 Å². The summed E-state index contributed by atoms with van der Waals surface area (Å²) in [6.07, 6.45) is 4.77. The maximum atomic E-state index is 10.8. The minimum atomic E-state index is -0.416. The number of rotatable bonds is 6. The Bertz CT molecular complexity index is 609. The van der Waals surface area contributed by atoms with Crippen molar-refractivity contribution in [2.75, 3.05) is 26.1 Å². The summed E-state index contributed by atoms with van der Waals surface area (Å²) in [7, 11) is 3.21. The number of nitrogens with one attached hydrogen (secondary N) is 1. The molecule has 2 rings (SSSR count). The highest BCUT2D eigenvalue weighted by Crippen LogP contribution is 2.31. The molecule has 1 aliphatic rings. The van der Waals surface area contributed by atoms with Crippen molar-refractivity contribution in [3.8, 4) is 11.5 Å². The second kappa shape index (κ2) is 7.49. The molecule has 0 saturated heterocycles. The molecular weight excluding hydrogens is 282 g/mol. The molecule has 0 aromatic heterocycles. The number of hydrogen-bond donors (Lipinski definition) is 2. The molecule has 22 heavy (non-hydrogen) atoms. The molecule has 0 atom stereocenters. The number of carbonyl (C=O) groups excluding carboxylic acids is 1. The van der Waals surface area contributed by atoms with Crippen LogP contribution < -0.4 is 20.5 Å². The van der Waals surface area contributed by atoms with Crippen LogP contribution in [0.4, 0.5) is 5.69 Å². The predicted octanol–water partition coefficient (Wildman–Crippen LogP) is 2.11. The van der Waals surface area contributed by atoms with Crippen LogP contribution >= 0.6 is 0 Å². The summed E-state index contributed by atoms with van der Waals surface area (Å²) >= 11 is 0. The molecule has 1 amide bonds. The lowest BCUT2D eigenvalue weighted by atomic mass is 10.0. The van der Waals surface area contributed by atoms with Gasteiger partial charge in [-0.05, 0) is 37.5 Å². The van der Waals surface area contributed by atoms with Crippen LogP contribution in [0.15, 0.2) is 35.0 Å². The Morgan fingerprint density at radius 2 is 2.05 bits per heavy atom. The molecule has 3 N–H and O–H groups in total. The Hall–Kier alpha value is -2.50. The number of hydrogen-bond acceptors (Lipinski definition) is 5. The van der Waals surface area contributed by atoms with Gasteiger partial charge in [-0.15, -0.1) is 0 Å². The normalized spacial score (nSPS) is 16.1. The van der Waals surface area contributed by atoms with Crippen molar-refractivity contribution in [3.63, 3.8) is 0 Å². The summed E-state index contributed by atoms with van der Waals surface area (Å²) in [6.45, 7) is 0.0372. The van der Waals surface area contributed by atoms with Crippen LogP contribution in [-0.4, -0.2) is 32.4 Å². The largest absolute Gasteiger partial charge is 0.493 e. The van der Waals surface area contributed by atoms with E-state index in [4.69, 9.17) is 15.2 Å². The van der Waals surface area contributed by atoms with E-state index in [2.05, 4.69) is 10.3 Å². The molecule has 0 fully saturated rings. The zero-order valence-electron chi connectivity index (χ0n) is 12.9. The van der Waals surface area contributed by atoms with Crippen molar-refractivity contribution in [2.45, 2.75) is 19.3 Å². The van der Waals surface area contributed by atoms with E-state index in [1.165, 1.54) is 0 Å². The Morgan fingerprint density at radius 3 is 2.73 bits per heavy atom. The smallest absolute Gasteiger partial charge is 0.239 e. The monoisotopic (exact) mass is 303 g/mol. The van der Waals surface area contributed by atoms with E-state index in [1.807, 2.05) is 24.3 Å². The van der Waals surface area contributed by atoms with E-state index in [0.29, 0.717) is 11.5 Å². The van der Waals surface area contributed by atoms with E-state index >= 15 is 0 Å². The number of aliphatic imine (C=N–C) groups is 1. The third-order valence-electron chi connectivity index (χ3n) is 3.35. The molecule has 1 aliphatic carbocycles. The van der Waals surface area contributed by atoms with Gasteiger partial charge in [-0.25, -0.2) is 0 Å². The molecule has 0 saturated carbocycles. The average Bonchev–Trinajstić information content (AvgIpc) is 2.53.